The van der Waals surface area contributed by atoms with Crippen molar-refractivity contribution >= 4 is 0 Å². The summed E-state index contributed by atoms with van der Waals surface area (Å²) in [5.74, 6) is 1.05. The highest BCUT2D eigenvalue weighted by atomic mass is 16.5. The average Bonchev–Trinajstić information content (AvgIpc) is 2.46. The Bertz CT molecular complexity index is 406. The van der Waals surface area contributed by atoms with Crippen LogP contribution in [0.5, 0.6) is 5.75 Å². The molecule has 1 aromatic rings. The fraction of sp³-hybridized carbons (Fsp3) is 0.647. The third kappa shape index (κ3) is 4.22. The maximum atomic E-state index is 5.69. The van der Waals surface area contributed by atoms with Gasteiger partial charge in [-0.2, -0.15) is 0 Å². The largest absolute Gasteiger partial charge is 0.493 e. The molecule has 0 aromatic heterocycles. The number of para-hydroxylation sites is 1. The van der Waals surface area contributed by atoms with Crippen LogP contribution in [-0.4, -0.2) is 37.7 Å². The van der Waals surface area contributed by atoms with Crippen LogP contribution in [0.1, 0.15) is 44.7 Å². The van der Waals surface area contributed by atoms with Gasteiger partial charge >= 0.3 is 0 Å². The van der Waals surface area contributed by atoms with Crippen molar-refractivity contribution in [1.82, 2.24) is 10.2 Å². The van der Waals surface area contributed by atoms with Crippen molar-refractivity contribution < 1.29 is 4.74 Å². The number of fused-ring (bicyclic) bond motifs is 1. The molecule has 20 heavy (non-hydrogen) atoms. The van der Waals surface area contributed by atoms with Crippen molar-refractivity contribution in [1.29, 1.82) is 0 Å². The van der Waals surface area contributed by atoms with E-state index in [0.29, 0.717) is 12.1 Å². The summed E-state index contributed by atoms with van der Waals surface area (Å²) in [5, 5.41) is 3.68. The summed E-state index contributed by atoms with van der Waals surface area (Å²) in [6, 6.07) is 9.50. The summed E-state index contributed by atoms with van der Waals surface area (Å²) >= 11 is 0. The van der Waals surface area contributed by atoms with Crippen molar-refractivity contribution in [3.05, 3.63) is 29.8 Å². The number of nitrogens with zero attached hydrogens (tertiary/aromatic N) is 1. The highest BCUT2D eigenvalue weighted by Gasteiger charge is 2.19. The van der Waals surface area contributed by atoms with Crippen molar-refractivity contribution in [2.45, 2.75) is 45.2 Å². The van der Waals surface area contributed by atoms with Gasteiger partial charge < -0.3 is 15.0 Å². The van der Waals surface area contributed by atoms with E-state index in [2.05, 4.69) is 49.3 Å². The van der Waals surface area contributed by atoms with Gasteiger partial charge in [0.2, 0.25) is 0 Å². The van der Waals surface area contributed by atoms with Crippen molar-refractivity contribution in [3.8, 4) is 5.75 Å². The normalized spacial score (nSPS) is 18.1. The van der Waals surface area contributed by atoms with Gasteiger partial charge in [-0.05, 0) is 52.9 Å². The van der Waals surface area contributed by atoms with Crippen LogP contribution in [-0.2, 0) is 0 Å². The summed E-state index contributed by atoms with van der Waals surface area (Å²) in [6.45, 7) is 7.59. The number of hydrogen-bond acceptors (Lipinski definition) is 3. The third-order valence-corrected chi connectivity index (χ3v) is 4.17. The monoisotopic (exact) mass is 276 g/mol. The zero-order valence-electron chi connectivity index (χ0n) is 13.1. The molecule has 0 saturated carbocycles. The Hall–Kier alpha value is -1.06. The second-order valence-electron chi connectivity index (χ2n) is 5.96. The minimum Gasteiger partial charge on any atom is -0.493 e. The molecule has 1 aliphatic rings. The molecule has 1 unspecified atom stereocenters. The molecule has 112 valence electrons. The first-order valence-corrected chi connectivity index (χ1v) is 7.84. The molecule has 1 N–H and O–H groups in total. The Kier molecular flexibility index (Phi) is 5.86. The van der Waals surface area contributed by atoms with E-state index in [1.54, 1.807) is 0 Å². The van der Waals surface area contributed by atoms with Gasteiger partial charge in [0.05, 0.1) is 6.61 Å². The first-order valence-electron chi connectivity index (χ1n) is 7.84. The standard InChI is InChI=1S/C17H28N2O/c1-14(2)19(3)12-7-6-11-18-16-10-13-20-17-9-5-4-8-15(16)17/h4-5,8-9,14,16,18H,6-7,10-13H2,1-3H3. The highest BCUT2D eigenvalue weighted by Crippen LogP contribution is 2.31. The van der Waals surface area contributed by atoms with Crippen LogP contribution < -0.4 is 10.1 Å². The van der Waals surface area contributed by atoms with Gasteiger partial charge in [-0.15, -0.1) is 0 Å². The van der Waals surface area contributed by atoms with E-state index in [-0.39, 0.29) is 0 Å². The van der Waals surface area contributed by atoms with Crippen LogP contribution in [0.4, 0.5) is 0 Å². The Morgan fingerprint density at radius 1 is 1.30 bits per heavy atom. The van der Waals surface area contributed by atoms with Crippen LogP contribution in [0, 0.1) is 0 Å². The van der Waals surface area contributed by atoms with E-state index in [9.17, 15) is 0 Å². The number of rotatable bonds is 7. The zero-order chi connectivity index (χ0) is 14.4. The third-order valence-electron chi connectivity index (χ3n) is 4.17. The minimum atomic E-state index is 0.461. The van der Waals surface area contributed by atoms with E-state index in [4.69, 9.17) is 4.74 Å². The highest BCUT2D eigenvalue weighted by molar-refractivity contribution is 5.37. The second kappa shape index (κ2) is 7.65. The summed E-state index contributed by atoms with van der Waals surface area (Å²) in [5.41, 5.74) is 1.32. The number of hydrogen-bond donors (Lipinski definition) is 1. The molecule has 3 nitrogen and oxygen atoms in total. The molecule has 3 heteroatoms. The van der Waals surface area contributed by atoms with Crippen LogP contribution in [0.3, 0.4) is 0 Å². The van der Waals surface area contributed by atoms with Gasteiger partial charge in [-0.25, -0.2) is 0 Å². The molecule has 0 radical (unpaired) electrons. The SMILES string of the molecule is CC(C)N(C)CCCCNC1CCOc2ccccc21. The maximum Gasteiger partial charge on any atom is 0.124 e. The zero-order valence-corrected chi connectivity index (χ0v) is 13.1. The summed E-state index contributed by atoms with van der Waals surface area (Å²) < 4.78 is 5.69. The van der Waals surface area contributed by atoms with E-state index < -0.39 is 0 Å². The molecule has 2 rings (SSSR count). The van der Waals surface area contributed by atoms with E-state index in [1.165, 1.54) is 24.9 Å². The first-order chi connectivity index (χ1) is 9.68. The molecule has 0 spiro atoms. The molecular formula is C17H28N2O. The quantitative estimate of drug-likeness (QED) is 0.774. The molecular weight excluding hydrogens is 248 g/mol. The lowest BCUT2D eigenvalue weighted by Crippen LogP contribution is -2.29. The smallest absolute Gasteiger partial charge is 0.124 e. The predicted octanol–water partition coefficient (Wildman–Crippen LogP) is 3.22. The molecule has 0 aliphatic carbocycles. The fourth-order valence-corrected chi connectivity index (χ4v) is 2.57. The van der Waals surface area contributed by atoms with Crippen LogP contribution in [0.2, 0.25) is 0 Å². The van der Waals surface area contributed by atoms with Crippen LogP contribution in [0.15, 0.2) is 24.3 Å². The van der Waals surface area contributed by atoms with E-state index in [0.717, 1.165) is 25.3 Å². The number of nitrogens with one attached hydrogen (secondary N) is 1. The van der Waals surface area contributed by atoms with Crippen molar-refractivity contribution in [2.75, 3.05) is 26.7 Å². The lowest BCUT2D eigenvalue weighted by molar-refractivity contribution is 0.248. The van der Waals surface area contributed by atoms with Gasteiger partial charge in [-0.3, -0.25) is 0 Å². The molecule has 1 atom stereocenters. The van der Waals surface area contributed by atoms with Gasteiger partial charge in [0, 0.05) is 24.1 Å². The van der Waals surface area contributed by atoms with Crippen molar-refractivity contribution in [3.63, 3.8) is 0 Å². The Balaban J connectivity index is 1.70. The Morgan fingerprint density at radius 2 is 2.10 bits per heavy atom. The van der Waals surface area contributed by atoms with Gasteiger partial charge in [0.1, 0.15) is 5.75 Å². The first kappa shape index (κ1) is 15.3. The maximum absolute atomic E-state index is 5.69. The average molecular weight is 276 g/mol. The predicted molar refractivity (Wildman–Crippen MR) is 84.3 cm³/mol. The summed E-state index contributed by atoms with van der Waals surface area (Å²) in [4.78, 5) is 2.41. The second-order valence-corrected chi connectivity index (χ2v) is 5.96. The number of ether oxygens (including phenoxy) is 1. The van der Waals surface area contributed by atoms with Crippen LogP contribution in [0.25, 0.3) is 0 Å². The molecule has 0 amide bonds. The molecule has 1 aromatic carbocycles. The number of benzene rings is 1. The van der Waals surface area contributed by atoms with Crippen LogP contribution >= 0.6 is 0 Å². The van der Waals surface area contributed by atoms with Gasteiger partial charge in [-0.1, -0.05) is 18.2 Å². The van der Waals surface area contributed by atoms with Crippen molar-refractivity contribution in [2.24, 2.45) is 0 Å². The molecule has 0 saturated heterocycles. The Labute approximate surface area is 123 Å². The summed E-state index contributed by atoms with van der Waals surface area (Å²) in [6.07, 6.45) is 3.56. The fourth-order valence-electron chi connectivity index (χ4n) is 2.57. The van der Waals surface area contributed by atoms with Gasteiger partial charge in [0.25, 0.3) is 0 Å². The molecule has 0 bridgehead atoms. The lowest BCUT2D eigenvalue weighted by Gasteiger charge is -2.27. The van der Waals surface area contributed by atoms with Gasteiger partial charge in [0.15, 0.2) is 0 Å². The summed E-state index contributed by atoms with van der Waals surface area (Å²) in [7, 11) is 2.20. The van der Waals surface area contributed by atoms with E-state index in [1.807, 2.05) is 6.07 Å². The topological polar surface area (TPSA) is 24.5 Å². The van der Waals surface area contributed by atoms with E-state index >= 15 is 0 Å². The molecule has 0 fully saturated rings. The minimum absolute atomic E-state index is 0.461. The molecule has 1 heterocycles. The Morgan fingerprint density at radius 3 is 2.90 bits per heavy atom. The number of unbranched alkanes of at least 4 members (excludes halogenated alkanes) is 1. The lowest BCUT2D eigenvalue weighted by atomic mass is 10.0. The molecule has 1 aliphatic heterocycles.